The van der Waals surface area contributed by atoms with Gasteiger partial charge in [-0.2, -0.15) is 0 Å². The largest absolute Gasteiger partial charge is 0.490 e. The minimum atomic E-state index is -0.113. The van der Waals surface area contributed by atoms with E-state index in [0.717, 1.165) is 19.1 Å². The number of hydrogen-bond donors (Lipinski definition) is 0. The summed E-state index contributed by atoms with van der Waals surface area (Å²) < 4.78 is 5.66. The van der Waals surface area contributed by atoms with Gasteiger partial charge in [0.1, 0.15) is 12.0 Å². The molecule has 1 fully saturated rings. The van der Waals surface area contributed by atoms with E-state index in [1.54, 1.807) is 32.3 Å². The SMILES string of the molecule is CN(C)C(=O)c1ccc(C=O)cc1OC1CC1. The third kappa shape index (κ3) is 2.64. The van der Waals surface area contributed by atoms with E-state index in [1.807, 2.05) is 0 Å². The summed E-state index contributed by atoms with van der Waals surface area (Å²) in [4.78, 5) is 24.1. The first-order chi connectivity index (χ1) is 8.11. The van der Waals surface area contributed by atoms with Crippen LogP contribution in [-0.4, -0.2) is 37.3 Å². The number of hydrogen-bond acceptors (Lipinski definition) is 3. The molecule has 0 saturated heterocycles. The van der Waals surface area contributed by atoms with Crippen LogP contribution in [0.2, 0.25) is 0 Å². The first-order valence-corrected chi connectivity index (χ1v) is 5.59. The van der Waals surface area contributed by atoms with E-state index in [9.17, 15) is 9.59 Å². The summed E-state index contributed by atoms with van der Waals surface area (Å²) in [5.41, 5.74) is 1.03. The minimum absolute atomic E-state index is 0.113. The van der Waals surface area contributed by atoms with E-state index >= 15 is 0 Å². The van der Waals surface area contributed by atoms with E-state index in [2.05, 4.69) is 0 Å². The summed E-state index contributed by atoms with van der Waals surface area (Å²) >= 11 is 0. The highest BCUT2D eigenvalue weighted by Crippen LogP contribution is 2.30. The Hall–Kier alpha value is -1.84. The number of rotatable bonds is 4. The first kappa shape index (κ1) is 11.6. The Morgan fingerprint density at radius 3 is 2.65 bits per heavy atom. The molecule has 1 amide bonds. The van der Waals surface area contributed by atoms with Crippen LogP contribution < -0.4 is 4.74 Å². The Labute approximate surface area is 100 Å². The molecule has 0 spiro atoms. The van der Waals surface area contributed by atoms with Crippen molar-refractivity contribution in [3.63, 3.8) is 0 Å². The first-order valence-electron chi connectivity index (χ1n) is 5.59. The van der Waals surface area contributed by atoms with Crippen molar-refractivity contribution in [2.75, 3.05) is 14.1 Å². The van der Waals surface area contributed by atoms with Crippen LogP contribution >= 0.6 is 0 Å². The van der Waals surface area contributed by atoms with Crippen LogP contribution in [-0.2, 0) is 0 Å². The van der Waals surface area contributed by atoms with Crippen LogP contribution in [0.25, 0.3) is 0 Å². The number of nitrogens with zero attached hydrogens (tertiary/aromatic N) is 1. The van der Waals surface area contributed by atoms with E-state index in [1.165, 1.54) is 4.90 Å². The van der Waals surface area contributed by atoms with Gasteiger partial charge in [-0.1, -0.05) is 6.07 Å². The van der Waals surface area contributed by atoms with Crippen molar-refractivity contribution < 1.29 is 14.3 Å². The summed E-state index contributed by atoms with van der Waals surface area (Å²) in [6.45, 7) is 0. The lowest BCUT2D eigenvalue weighted by atomic mass is 10.1. The molecule has 0 aromatic heterocycles. The molecule has 2 rings (SSSR count). The topological polar surface area (TPSA) is 46.6 Å². The maximum Gasteiger partial charge on any atom is 0.257 e. The van der Waals surface area contributed by atoms with Gasteiger partial charge in [0.2, 0.25) is 0 Å². The fourth-order valence-corrected chi connectivity index (χ4v) is 1.49. The van der Waals surface area contributed by atoms with Gasteiger partial charge >= 0.3 is 0 Å². The van der Waals surface area contributed by atoms with E-state index in [-0.39, 0.29) is 12.0 Å². The second-order valence-corrected chi connectivity index (χ2v) is 4.39. The molecule has 1 aromatic rings. The van der Waals surface area contributed by atoms with Gasteiger partial charge in [-0.15, -0.1) is 0 Å². The summed E-state index contributed by atoms with van der Waals surface area (Å²) in [7, 11) is 3.38. The van der Waals surface area contributed by atoms with Crippen molar-refractivity contribution >= 4 is 12.2 Å². The predicted octanol–water partition coefficient (Wildman–Crippen LogP) is 1.74. The smallest absolute Gasteiger partial charge is 0.257 e. The number of aldehydes is 1. The molecule has 0 atom stereocenters. The highest BCUT2D eigenvalue weighted by atomic mass is 16.5. The van der Waals surface area contributed by atoms with Crippen molar-refractivity contribution in [1.82, 2.24) is 4.90 Å². The van der Waals surface area contributed by atoms with Crippen molar-refractivity contribution in [3.05, 3.63) is 29.3 Å². The molecule has 0 aliphatic heterocycles. The second kappa shape index (κ2) is 4.57. The molecule has 0 radical (unpaired) electrons. The van der Waals surface area contributed by atoms with Gasteiger partial charge in [-0.05, 0) is 25.0 Å². The summed E-state index contributed by atoms with van der Waals surface area (Å²) in [5.74, 6) is 0.397. The molecule has 17 heavy (non-hydrogen) atoms. The molecule has 90 valence electrons. The third-order valence-electron chi connectivity index (χ3n) is 2.60. The fraction of sp³-hybridized carbons (Fsp3) is 0.385. The lowest BCUT2D eigenvalue weighted by Crippen LogP contribution is -2.22. The van der Waals surface area contributed by atoms with Gasteiger partial charge in [0, 0.05) is 19.7 Å². The Bertz CT molecular complexity index is 450. The standard InChI is InChI=1S/C13H15NO3/c1-14(2)13(16)11-6-3-9(8-15)7-12(11)17-10-4-5-10/h3,6-8,10H,4-5H2,1-2H3. The molecule has 1 aliphatic carbocycles. The molecular formula is C13H15NO3. The molecule has 4 nitrogen and oxygen atoms in total. The van der Waals surface area contributed by atoms with Crippen LogP contribution in [0.3, 0.4) is 0 Å². The van der Waals surface area contributed by atoms with Crippen molar-refractivity contribution in [3.8, 4) is 5.75 Å². The molecule has 1 aromatic carbocycles. The minimum Gasteiger partial charge on any atom is -0.490 e. The van der Waals surface area contributed by atoms with Gasteiger partial charge in [0.05, 0.1) is 11.7 Å². The van der Waals surface area contributed by atoms with Crippen LogP contribution in [0.15, 0.2) is 18.2 Å². The highest BCUT2D eigenvalue weighted by Gasteiger charge is 2.26. The van der Waals surface area contributed by atoms with Crippen LogP contribution in [0.1, 0.15) is 33.6 Å². The monoisotopic (exact) mass is 233 g/mol. The van der Waals surface area contributed by atoms with Gasteiger partial charge in [0.15, 0.2) is 0 Å². The van der Waals surface area contributed by atoms with Crippen molar-refractivity contribution in [1.29, 1.82) is 0 Å². The molecule has 1 saturated carbocycles. The van der Waals surface area contributed by atoms with Gasteiger partial charge in [0.25, 0.3) is 5.91 Å². The maximum absolute atomic E-state index is 11.9. The lowest BCUT2D eigenvalue weighted by Gasteiger charge is -2.15. The van der Waals surface area contributed by atoms with Crippen molar-refractivity contribution in [2.45, 2.75) is 18.9 Å². The van der Waals surface area contributed by atoms with Gasteiger partial charge < -0.3 is 9.64 Å². The average Bonchev–Trinajstić information content (AvgIpc) is 3.11. The third-order valence-corrected chi connectivity index (χ3v) is 2.60. The van der Waals surface area contributed by atoms with Gasteiger partial charge in [-0.3, -0.25) is 9.59 Å². The number of amides is 1. The summed E-state index contributed by atoms with van der Waals surface area (Å²) in [6.07, 6.45) is 2.98. The molecule has 4 heteroatoms. The summed E-state index contributed by atoms with van der Waals surface area (Å²) in [5, 5.41) is 0. The number of ether oxygens (including phenoxy) is 1. The molecule has 0 heterocycles. The molecule has 1 aliphatic rings. The zero-order chi connectivity index (χ0) is 12.4. The number of carbonyl (C=O) groups is 2. The Kier molecular flexibility index (Phi) is 3.13. The quantitative estimate of drug-likeness (QED) is 0.744. The normalized spacial score (nSPS) is 14.2. The van der Waals surface area contributed by atoms with E-state index < -0.39 is 0 Å². The average molecular weight is 233 g/mol. The number of benzene rings is 1. The maximum atomic E-state index is 11.9. The van der Waals surface area contributed by atoms with Crippen LogP contribution in [0, 0.1) is 0 Å². The highest BCUT2D eigenvalue weighted by molar-refractivity contribution is 5.97. The zero-order valence-electron chi connectivity index (χ0n) is 9.97. The molecule has 0 N–H and O–H groups in total. The predicted molar refractivity (Wildman–Crippen MR) is 63.5 cm³/mol. The van der Waals surface area contributed by atoms with Crippen LogP contribution in [0.4, 0.5) is 0 Å². The van der Waals surface area contributed by atoms with Gasteiger partial charge in [-0.25, -0.2) is 0 Å². The second-order valence-electron chi connectivity index (χ2n) is 4.39. The Morgan fingerprint density at radius 2 is 2.12 bits per heavy atom. The summed E-state index contributed by atoms with van der Waals surface area (Å²) in [6, 6.07) is 4.90. The Morgan fingerprint density at radius 1 is 1.41 bits per heavy atom. The zero-order valence-corrected chi connectivity index (χ0v) is 9.97. The van der Waals surface area contributed by atoms with Crippen molar-refractivity contribution in [2.24, 2.45) is 0 Å². The molecular weight excluding hydrogens is 218 g/mol. The molecule has 0 bridgehead atoms. The Balaban J connectivity index is 2.34. The van der Waals surface area contributed by atoms with Crippen LogP contribution in [0.5, 0.6) is 5.75 Å². The number of carbonyl (C=O) groups excluding carboxylic acids is 2. The van der Waals surface area contributed by atoms with E-state index in [4.69, 9.17) is 4.74 Å². The fourth-order valence-electron chi connectivity index (χ4n) is 1.49. The lowest BCUT2D eigenvalue weighted by molar-refractivity contribution is 0.0822. The van der Waals surface area contributed by atoms with E-state index in [0.29, 0.717) is 16.9 Å². The molecule has 0 unspecified atom stereocenters.